The van der Waals surface area contributed by atoms with E-state index in [1.165, 1.54) is 0 Å². The summed E-state index contributed by atoms with van der Waals surface area (Å²) in [5.74, 6) is -0.274. The van der Waals surface area contributed by atoms with Gasteiger partial charge < -0.3 is 20.3 Å². The maximum Gasteiger partial charge on any atom is 0.338 e. The van der Waals surface area contributed by atoms with E-state index in [1.54, 1.807) is 0 Å². The first-order valence-electron chi connectivity index (χ1n) is 12.0. The molecule has 32 heavy (non-hydrogen) atoms. The molecular formula is C27H39N3O2. The molecule has 0 unspecified atom stereocenters. The van der Waals surface area contributed by atoms with Crippen molar-refractivity contribution in [1.82, 2.24) is 10.2 Å². The normalized spacial score (nSPS) is 21.0. The van der Waals surface area contributed by atoms with Gasteiger partial charge in [-0.15, -0.1) is 0 Å². The van der Waals surface area contributed by atoms with E-state index in [0.717, 1.165) is 49.3 Å². The van der Waals surface area contributed by atoms with Crippen molar-refractivity contribution < 1.29 is 9.53 Å². The number of rotatable bonds is 10. The van der Waals surface area contributed by atoms with Crippen molar-refractivity contribution in [2.75, 3.05) is 25.0 Å². The molecule has 2 aromatic carbocycles. The van der Waals surface area contributed by atoms with Gasteiger partial charge in [0.2, 0.25) is 0 Å². The van der Waals surface area contributed by atoms with Gasteiger partial charge in [-0.1, -0.05) is 49.7 Å². The zero-order chi connectivity index (χ0) is 23.1. The second-order valence-corrected chi connectivity index (χ2v) is 8.97. The molecule has 1 aliphatic rings. The van der Waals surface area contributed by atoms with Crippen LogP contribution in [0.15, 0.2) is 48.5 Å². The topological polar surface area (TPSA) is 53.6 Å². The van der Waals surface area contributed by atoms with Crippen molar-refractivity contribution in [2.24, 2.45) is 0 Å². The molecule has 3 rings (SSSR count). The van der Waals surface area contributed by atoms with Gasteiger partial charge in [0.05, 0.1) is 17.6 Å². The highest BCUT2D eigenvalue weighted by molar-refractivity contribution is 5.89. The molecule has 0 bridgehead atoms. The van der Waals surface area contributed by atoms with E-state index in [1.807, 2.05) is 37.3 Å². The Balaban J connectivity index is 1.73. The fourth-order valence-electron chi connectivity index (χ4n) is 4.48. The number of nitrogens with zero attached hydrogens (tertiary/aromatic N) is 1. The van der Waals surface area contributed by atoms with Crippen LogP contribution in [0.2, 0.25) is 0 Å². The predicted molar refractivity (Wildman–Crippen MR) is 132 cm³/mol. The molecule has 5 heteroatoms. The van der Waals surface area contributed by atoms with Crippen LogP contribution in [-0.4, -0.2) is 48.7 Å². The number of carbonyl (C=O) groups is 1. The average Bonchev–Trinajstić information content (AvgIpc) is 2.79. The summed E-state index contributed by atoms with van der Waals surface area (Å²) >= 11 is 0. The number of hydrogen-bond donors (Lipinski definition) is 2. The summed E-state index contributed by atoms with van der Waals surface area (Å²) in [5, 5.41) is 7.32. The maximum atomic E-state index is 12.9. The van der Waals surface area contributed by atoms with Gasteiger partial charge in [0.15, 0.2) is 0 Å². The Morgan fingerprint density at radius 3 is 2.50 bits per heavy atom. The number of aryl methyl sites for hydroxylation is 1. The molecule has 0 saturated carbocycles. The third-order valence-corrected chi connectivity index (χ3v) is 6.50. The van der Waals surface area contributed by atoms with Crippen LogP contribution in [0.25, 0.3) is 0 Å². The molecule has 0 radical (unpaired) electrons. The standard InChI is InChI=1S/C27H39N3O2/c1-6-30(7-2)18-10-11-20(4)28-25-23-12-8-9-13-24(23)29-21(5)26(25)32-27(31)22-16-14-19(3)15-17-22/h8-9,12-17,20-21,25-26,28-29H,6-7,10-11,18H2,1-5H3/t20-,21+,25+,26-/m0/s1. The van der Waals surface area contributed by atoms with E-state index in [9.17, 15) is 4.79 Å². The van der Waals surface area contributed by atoms with Crippen molar-refractivity contribution in [3.8, 4) is 0 Å². The van der Waals surface area contributed by atoms with Gasteiger partial charge in [-0.3, -0.25) is 0 Å². The highest BCUT2D eigenvalue weighted by Crippen LogP contribution is 2.35. The summed E-state index contributed by atoms with van der Waals surface area (Å²) in [4.78, 5) is 15.4. The summed E-state index contributed by atoms with van der Waals surface area (Å²) in [6.07, 6.45) is 1.92. The number of ether oxygens (including phenoxy) is 1. The van der Waals surface area contributed by atoms with E-state index in [2.05, 4.69) is 61.4 Å². The number of nitrogens with one attached hydrogen (secondary N) is 2. The van der Waals surface area contributed by atoms with Gasteiger partial charge in [0, 0.05) is 11.7 Å². The minimum Gasteiger partial charge on any atom is -0.455 e. The number of carbonyl (C=O) groups excluding carboxylic acids is 1. The van der Waals surface area contributed by atoms with E-state index in [-0.39, 0.29) is 24.2 Å². The van der Waals surface area contributed by atoms with Crippen LogP contribution in [0.3, 0.4) is 0 Å². The fraction of sp³-hybridized carbons (Fsp3) is 0.519. The average molecular weight is 438 g/mol. The van der Waals surface area contributed by atoms with Crippen LogP contribution >= 0.6 is 0 Å². The molecule has 0 amide bonds. The largest absolute Gasteiger partial charge is 0.455 e. The smallest absolute Gasteiger partial charge is 0.338 e. The highest BCUT2D eigenvalue weighted by Gasteiger charge is 2.37. The Labute approximate surface area is 193 Å². The first-order chi connectivity index (χ1) is 15.4. The van der Waals surface area contributed by atoms with Crippen molar-refractivity contribution in [2.45, 2.75) is 71.7 Å². The Morgan fingerprint density at radius 1 is 1.12 bits per heavy atom. The van der Waals surface area contributed by atoms with Crippen molar-refractivity contribution >= 4 is 11.7 Å². The number of esters is 1. The first kappa shape index (κ1) is 24.3. The molecule has 0 aromatic heterocycles. The lowest BCUT2D eigenvalue weighted by molar-refractivity contribution is 0.0128. The zero-order valence-electron chi connectivity index (χ0n) is 20.2. The molecule has 0 saturated heterocycles. The Morgan fingerprint density at radius 2 is 1.81 bits per heavy atom. The zero-order valence-corrected chi connectivity index (χ0v) is 20.2. The molecule has 5 nitrogen and oxygen atoms in total. The summed E-state index contributed by atoms with van der Waals surface area (Å²) in [5.41, 5.74) is 3.98. The Kier molecular flexibility index (Phi) is 8.71. The number of hydrogen-bond acceptors (Lipinski definition) is 5. The van der Waals surface area contributed by atoms with E-state index in [4.69, 9.17) is 4.74 Å². The van der Waals surface area contributed by atoms with Crippen LogP contribution in [-0.2, 0) is 4.74 Å². The first-order valence-corrected chi connectivity index (χ1v) is 12.0. The molecule has 0 fully saturated rings. The second-order valence-electron chi connectivity index (χ2n) is 8.97. The summed E-state index contributed by atoms with van der Waals surface area (Å²) < 4.78 is 6.11. The molecule has 174 valence electrons. The fourth-order valence-corrected chi connectivity index (χ4v) is 4.48. The Bertz CT molecular complexity index is 863. The van der Waals surface area contributed by atoms with Crippen molar-refractivity contribution in [3.63, 3.8) is 0 Å². The Hall–Kier alpha value is -2.37. The molecule has 4 atom stereocenters. The van der Waals surface area contributed by atoms with Gasteiger partial charge >= 0.3 is 5.97 Å². The molecule has 0 aliphatic carbocycles. The number of benzene rings is 2. The summed E-state index contributed by atoms with van der Waals surface area (Å²) in [7, 11) is 0. The van der Waals surface area contributed by atoms with Crippen LogP contribution < -0.4 is 10.6 Å². The summed E-state index contributed by atoms with van der Waals surface area (Å²) in [6, 6.07) is 16.1. The monoisotopic (exact) mass is 437 g/mol. The predicted octanol–water partition coefficient (Wildman–Crippen LogP) is 5.18. The second kappa shape index (κ2) is 11.5. The van der Waals surface area contributed by atoms with Gasteiger partial charge in [-0.05, 0) is 77.0 Å². The van der Waals surface area contributed by atoms with E-state index < -0.39 is 0 Å². The van der Waals surface area contributed by atoms with Gasteiger partial charge in [-0.2, -0.15) is 0 Å². The van der Waals surface area contributed by atoms with Crippen LogP contribution in [0, 0.1) is 6.92 Å². The number of anilines is 1. The van der Waals surface area contributed by atoms with Gasteiger partial charge in [0.25, 0.3) is 0 Å². The van der Waals surface area contributed by atoms with Gasteiger partial charge in [0.1, 0.15) is 6.10 Å². The molecule has 1 heterocycles. The number of para-hydroxylation sites is 1. The quantitative estimate of drug-likeness (QED) is 0.502. The molecule has 2 N–H and O–H groups in total. The third kappa shape index (κ3) is 6.11. The van der Waals surface area contributed by atoms with Crippen molar-refractivity contribution in [1.29, 1.82) is 0 Å². The van der Waals surface area contributed by atoms with Crippen molar-refractivity contribution in [3.05, 3.63) is 65.2 Å². The molecule has 1 aliphatic heterocycles. The van der Waals surface area contributed by atoms with Crippen LogP contribution in [0.5, 0.6) is 0 Å². The third-order valence-electron chi connectivity index (χ3n) is 6.50. The summed E-state index contributed by atoms with van der Waals surface area (Å²) in [6.45, 7) is 14.1. The lowest BCUT2D eigenvalue weighted by atomic mass is 9.89. The number of fused-ring (bicyclic) bond motifs is 1. The lowest BCUT2D eigenvalue weighted by Gasteiger charge is -2.40. The highest BCUT2D eigenvalue weighted by atomic mass is 16.5. The van der Waals surface area contributed by atoms with Crippen LogP contribution in [0.1, 0.15) is 68.1 Å². The van der Waals surface area contributed by atoms with Crippen LogP contribution in [0.4, 0.5) is 5.69 Å². The molecule has 0 spiro atoms. The minimum absolute atomic E-state index is 0.000303. The van der Waals surface area contributed by atoms with E-state index >= 15 is 0 Å². The van der Waals surface area contributed by atoms with Gasteiger partial charge in [-0.25, -0.2) is 4.79 Å². The SMILES string of the molecule is CCN(CC)CCC[C@H](C)N[C@@H]1c2ccccc2N[C@H](C)[C@@H]1OC(=O)c1ccc(C)cc1. The lowest BCUT2D eigenvalue weighted by Crippen LogP contribution is -2.50. The molecule has 2 aromatic rings. The van der Waals surface area contributed by atoms with E-state index in [0.29, 0.717) is 11.6 Å². The molecular weight excluding hydrogens is 398 g/mol. The minimum atomic E-state index is -0.302. The maximum absolute atomic E-state index is 12.9.